The standard InChI is InChI=1S/C12H10Cl2IN3/c1-16-11-9(13)6-10(14)12(18-11)17-8-4-2-3-7(15)5-8/h2-6H,1H3,(H2,16,17,18). The first-order valence-corrected chi connectivity index (χ1v) is 7.00. The summed E-state index contributed by atoms with van der Waals surface area (Å²) < 4.78 is 1.14. The molecule has 0 saturated heterocycles. The van der Waals surface area contributed by atoms with E-state index in [1.807, 2.05) is 24.3 Å². The van der Waals surface area contributed by atoms with Crippen LogP contribution in [0.5, 0.6) is 0 Å². The monoisotopic (exact) mass is 393 g/mol. The Kier molecular flexibility index (Phi) is 4.53. The summed E-state index contributed by atoms with van der Waals surface area (Å²) in [5, 5.41) is 7.07. The predicted octanol–water partition coefficient (Wildman–Crippen LogP) is 4.78. The van der Waals surface area contributed by atoms with Crippen LogP contribution in [-0.2, 0) is 0 Å². The number of anilines is 3. The Hall–Kier alpha value is -0.720. The molecule has 0 aliphatic heterocycles. The van der Waals surface area contributed by atoms with Crippen LogP contribution < -0.4 is 10.6 Å². The van der Waals surface area contributed by atoms with Gasteiger partial charge >= 0.3 is 0 Å². The second-order valence-electron chi connectivity index (χ2n) is 3.53. The summed E-state index contributed by atoms with van der Waals surface area (Å²) in [6, 6.07) is 9.60. The van der Waals surface area contributed by atoms with Gasteiger partial charge in [0.2, 0.25) is 0 Å². The number of aromatic nitrogens is 1. The van der Waals surface area contributed by atoms with Crippen LogP contribution in [0, 0.1) is 3.57 Å². The fraction of sp³-hybridized carbons (Fsp3) is 0.0833. The first-order chi connectivity index (χ1) is 8.60. The van der Waals surface area contributed by atoms with Crippen molar-refractivity contribution < 1.29 is 0 Å². The quantitative estimate of drug-likeness (QED) is 0.737. The SMILES string of the molecule is CNc1nc(Nc2cccc(I)c2)c(Cl)cc1Cl. The zero-order chi connectivity index (χ0) is 13.1. The van der Waals surface area contributed by atoms with Crippen LogP contribution in [0.2, 0.25) is 10.0 Å². The molecule has 0 aliphatic rings. The topological polar surface area (TPSA) is 37.0 Å². The van der Waals surface area contributed by atoms with Gasteiger partial charge in [0, 0.05) is 16.3 Å². The lowest BCUT2D eigenvalue weighted by Gasteiger charge is -2.11. The number of nitrogens with one attached hydrogen (secondary N) is 2. The number of benzene rings is 1. The third-order valence-corrected chi connectivity index (χ3v) is 3.50. The summed E-state index contributed by atoms with van der Waals surface area (Å²) in [6.45, 7) is 0. The molecule has 2 N–H and O–H groups in total. The molecule has 94 valence electrons. The maximum atomic E-state index is 6.11. The van der Waals surface area contributed by atoms with Crippen LogP contribution in [0.25, 0.3) is 0 Å². The molecule has 3 nitrogen and oxygen atoms in total. The zero-order valence-corrected chi connectivity index (χ0v) is 13.1. The Bertz CT molecular complexity index is 575. The maximum absolute atomic E-state index is 6.11. The van der Waals surface area contributed by atoms with Crippen molar-refractivity contribution >= 4 is 63.1 Å². The van der Waals surface area contributed by atoms with Crippen LogP contribution in [0.15, 0.2) is 30.3 Å². The van der Waals surface area contributed by atoms with Gasteiger partial charge in [-0.15, -0.1) is 0 Å². The van der Waals surface area contributed by atoms with E-state index in [1.165, 1.54) is 0 Å². The number of hydrogen-bond acceptors (Lipinski definition) is 3. The average Bonchev–Trinajstić information content (AvgIpc) is 2.33. The van der Waals surface area contributed by atoms with Gasteiger partial charge in [0.15, 0.2) is 5.82 Å². The predicted molar refractivity (Wildman–Crippen MR) is 86.2 cm³/mol. The minimum atomic E-state index is 0.484. The van der Waals surface area contributed by atoms with E-state index in [4.69, 9.17) is 23.2 Å². The molecule has 2 rings (SSSR count). The molecule has 0 unspecified atom stereocenters. The molecule has 6 heteroatoms. The number of halogens is 3. The Morgan fingerprint density at radius 1 is 1.11 bits per heavy atom. The molecule has 0 saturated carbocycles. The van der Waals surface area contributed by atoms with Crippen LogP contribution in [0.3, 0.4) is 0 Å². The number of hydrogen-bond donors (Lipinski definition) is 2. The van der Waals surface area contributed by atoms with Crippen molar-refractivity contribution in [1.82, 2.24) is 4.98 Å². The molecular formula is C12H10Cl2IN3. The van der Waals surface area contributed by atoms with E-state index < -0.39 is 0 Å². The fourth-order valence-electron chi connectivity index (χ4n) is 1.43. The molecule has 0 atom stereocenters. The van der Waals surface area contributed by atoms with Gasteiger partial charge in [0.25, 0.3) is 0 Å². The lowest BCUT2D eigenvalue weighted by Crippen LogP contribution is -1.99. The summed E-state index contributed by atoms with van der Waals surface area (Å²) in [5.74, 6) is 1.17. The second kappa shape index (κ2) is 5.95. The van der Waals surface area contributed by atoms with Gasteiger partial charge in [0.1, 0.15) is 5.82 Å². The van der Waals surface area contributed by atoms with E-state index in [9.17, 15) is 0 Å². The zero-order valence-electron chi connectivity index (χ0n) is 9.47. The summed E-state index contributed by atoms with van der Waals surface area (Å²) in [5.41, 5.74) is 0.931. The minimum Gasteiger partial charge on any atom is -0.372 e. The normalized spacial score (nSPS) is 10.2. The molecule has 18 heavy (non-hydrogen) atoms. The molecule has 1 aromatic carbocycles. The number of nitrogens with zero attached hydrogens (tertiary/aromatic N) is 1. The van der Waals surface area contributed by atoms with Crippen LogP contribution in [0.1, 0.15) is 0 Å². The van der Waals surface area contributed by atoms with Gasteiger partial charge in [-0.25, -0.2) is 4.98 Å². The lowest BCUT2D eigenvalue weighted by atomic mass is 10.3. The Morgan fingerprint density at radius 2 is 1.83 bits per heavy atom. The summed E-state index contributed by atoms with van der Waals surface area (Å²) in [4.78, 5) is 4.33. The van der Waals surface area contributed by atoms with Gasteiger partial charge in [0.05, 0.1) is 10.0 Å². The first kappa shape index (κ1) is 13.7. The highest BCUT2D eigenvalue weighted by Crippen LogP contribution is 2.30. The summed E-state index contributed by atoms with van der Waals surface area (Å²) in [6.07, 6.45) is 0. The van der Waals surface area contributed by atoms with E-state index in [0.29, 0.717) is 21.7 Å². The molecule has 1 heterocycles. The lowest BCUT2D eigenvalue weighted by molar-refractivity contribution is 1.27. The van der Waals surface area contributed by atoms with E-state index >= 15 is 0 Å². The van der Waals surface area contributed by atoms with Gasteiger partial charge in [-0.1, -0.05) is 29.3 Å². The van der Waals surface area contributed by atoms with Crippen molar-refractivity contribution in [1.29, 1.82) is 0 Å². The molecule has 0 aliphatic carbocycles. The molecule has 0 spiro atoms. The molecule has 1 aromatic heterocycles. The maximum Gasteiger partial charge on any atom is 0.151 e. The van der Waals surface area contributed by atoms with Gasteiger partial charge in [-0.05, 0) is 46.9 Å². The van der Waals surface area contributed by atoms with Crippen molar-refractivity contribution in [3.8, 4) is 0 Å². The third kappa shape index (κ3) is 3.18. The Balaban J connectivity index is 2.34. The Labute approximate surface area is 129 Å². The van der Waals surface area contributed by atoms with Crippen LogP contribution >= 0.6 is 45.8 Å². The van der Waals surface area contributed by atoms with Crippen molar-refractivity contribution in [2.24, 2.45) is 0 Å². The smallest absolute Gasteiger partial charge is 0.151 e. The summed E-state index contributed by atoms with van der Waals surface area (Å²) in [7, 11) is 1.76. The van der Waals surface area contributed by atoms with Crippen molar-refractivity contribution in [3.63, 3.8) is 0 Å². The van der Waals surface area contributed by atoms with Crippen molar-refractivity contribution in [3.05, 3.63) is 43.9 Å². The molecule has 0 fully saturated rings. The van der Waals surface area contributed by atoms with Gasteiger partial charge in [-0.2, -0.15) is 0 Å². The van der Waals surface area contributed by atoms with Crippen molar-refractivity contribution in [2.45, 2.75) is 0 Å². The van der Waals surface area contributed by atoms with E-state index in [-0.39, 0.29) is 0 Å². The van der Waals surface area contributed by atoms with Gasteiger partial charge < -0.3 is 10.6 Å². The highest BCUT2D eigenvalue weighted by atomic mass is 127. The molecule has 0 bridgehead atoms. The van der Waals surface area contributed by atoms with Gasteiger partial charge in [-0.3, -0.25) is 0 Å². The minimum absolute atomic E-state index is 0.484. The largest absolute Gasteiger partial charge is 0.372 e. The second-order valence-corrected chi connectivity index (χ2v) is 5.59. The average molecular weight is 394 g/mol. The van der Waals surface area contributed by atoms with E-state index in [1.54, 1.807) is 13.1 Å². The van der Waals surface area contributed by atoms with E-state index in [2.05, 4.69) is 38.2 Å². The van der Waals surface area contributed by atoms with Crippen molar-refractivity contribution in [2.75, 3.05) is 17.7 Å². The molecule has 0 amide bonds. The highest BCUT2D eigenvalue weighted by Gasteiger charge is 2.08. The number of rotatable bonds is 3. The Morgan fingerprint density at radius 3 is 2.50 bits per heavy atom. The van der Waals surface area contributed by atoms with Crippen LogP contribution in [-0.4, -0.2) is 12.0 Å². The summed E-state index contributed by atoms with van der Waals surface area (Å²) >= 11 is 14.3. The first-order valence-electron chi connectivity index (χ1n) is 5.16. The number of pyridine rings is 1. The third-order valence-electron chi connectivity index (χ3n) is 2.25. The van der Waals surface area contributed by atoms with E-state index in [0.717, 1.165) is 9.26 Å². The molecular weight excluding hydrogens is 384 g/mol. The molecule has 0 radical (unpaired) electrons. The fourth-order valence-corrected chi connectivity index (χ4v) is 2.48. The highest BCUT2D eigenvalue weighted by molar-refractivity contribution is 14.1. The van der Waals surface area contributed by atoms with Crippen LogP contribution in [0.4, 0.5) is 17.3 Å². The molecule has 2 aromatic rings.